The molecule has 0 bridgehead atoms. The van der Waals surface area contributed by atoms with E-state index in [2.05, 4.69) is 10.3 Å². The fourth-order valence-corrected chi connectivity index (χ4v) is 2.46. The summed E-state index contributed by atoms with van der Waals surface area (Å²) in [5.74, 6) is -0.878. The standard InChI is InChI=1S/C18H16N2O2/c21-18(22)16(12-13-6-2-1-3-7-13)20-15-10-4-8-14-9-5-11-19-17(14)15/h1-11,16,20H,12H2,(H,21,22). The van der Waals surface area contributed by atoms with Crippen LogP contribution in [-0.4, -0.2) is 22.1 Å². The van der Waals surface area contributed by atoms with Gasteiger partial charge in [-0.2, -0.15) is 0 Å². The van der Waals surface area contributed by atoms with Gasteiger partial charge in [0.2, 0.25) is 0 Å². The molecule has 0 aliphatic rings. The molecule has 1 atom stereocenters. The fraction of sp³-hybridized carbons (Fsp3) is 0.111. The molecule has 4 heteroatoms. The lowest BCUT2D eigenvalue weighted by Crippen LogP contribution is -2.31. The summed E-state index contributed by atoms with van der Waals surface area (Å²) in [5.41, 5.74) is 2.50. The molecule has 22 heavy (non-hydrogen) atoms. The quantitative estimate of drug-likeness (QED) is 0.757. The molecule has 4 nitrogen and oxygen atoms in total. The normalized spacial score (nSPS) is 12.0. The van der Waals surface area contributed by atoms with Crippen molar-refractivity contribution >= 4 is 22.6 Å². The Morgan fingerprint density at radius 1 is 1.05 bits per heavy atom. The second kappa shape index (κ2) is 6.26. The lowest BCUT2D eigenvalue weighted by atomic mass is 10.1. The zero-order chi connectivity index (χ0) is 15.4. The highest BCUT2D eigenvalue weighted by atomic mass is 16.4. The van der Waals surface area contributed by atoms with E-state index in [-0.39, 0.29) is 0 Å². The third kappa shape index (κ3) is 3.06. The molecule has 1 unspecified atom stereocenters. The lowest BCUT2D eigenvalue weighted by Gasteiger charge is -2.17. The van der Waals surface area contributed by atoms with Crippen molar-refractivity contribution in [3.8, 4) is 0 Å². The number of carbonyl (C=O) groups is 1. The number of rotatable bonds is 5. The highest BCUT2D eigenvalue weighted by Crippen LogP contribution is 2.22. The van der Waals surface area contributed by atoms with Crippen LogP contribution < -0.4 is 5.32 Å². The number of aliphatic carboxylic acids is 1. The van der Waals surface area contributed by atoms with Crippen molar-refractivity contribution in [3.05, 3.63) is 72.4 Å². The van der Waals surface area contributed by atoms with Crippen molar-refractivity contribution in [2.24, 2.45) is 0 Å². The second-order valence-corrected chi connectivity index (χ2v) is 5.11. The van der Waals surface area contributed by atoms with E-state index in [0.29, 0.717) is 6.42 Å². The Hall–Kier alpha value is -2.88. The van der Waals surface area contributed by atoms with Crippen molar-refractivity contribution in [2.45, 2.75) is 12.5 Å². The summed E-state index contributed by atoms with van der Waals surface area (Å²) in [6, 6.07) is 18.4. The maximum atomic E-state index is 11.6. The molecule has 0 saturated carbocycles. The van der Waals surface area contributed by atoms with E-state index in [1.807, 2.05) is 60.7 Å². The average molecular weight is 292 g/mol. The number of carboxylic acids is 1. The van der Waals surface area contributed by atoms with Gasteiger partial charge in [0.05, 0.1) is 11.2 Å². The van der Waals surface area contributed by atoms with Crippen LogP contribution in [0.5, 0.6) is 0 Å². The van der Waals surface area contributed by atoms with Gasteiger partial charge in [0.1, 0.15) is 6.04 Å². The first kappa shape index (κ1) is 14.1. The summed E-state index contributed by atoms with van der Waals surface area (Å²) in [5, 5.41) is 13.6. The molecule has 0 saturated heterocycles. The molecule has 0 amide bonds. The van der Waals surface area contributed by atoms with E-state index in [4.69, 9.17) is 0 Å². The van der Waals surface area contributed by atoms with Gasteiger partial charge in [-0.3, -0.25) is 4.98 Å². The SMILES string of the molecule is O=C(O)C(Cc1ccccc1)Nc1cccc2cccnc12. The first-order valence-corrected chi connectivity index (χ1v) is 7.11. The van der Waals surface area contributed by atoms with E-state index in [1.54, 1.807) is 6.20 Å². The largest absolute Gasteiger partial charge is 0.480 e. The predicted octanol–water partition coefficient (Wildman–Crippen LogP) is 3.34. The second-order valence-electron chi connectivity index (χ2n) is 5.11. The molecule has 0 aliphatic carbocycles. The Bertz CT molecular complexity index is 782. The number of hydrogen-bond acceptors (Lipinski definition) is 3. The lowest BCUT2D eigenvalue weighted by molar-refractivity contribution is -0.137. The smallest absolute Gasteiger partial charge is 0.326 e. The molecular weight excluding hydrogens is 276 g/mol. The summed E-state index contributed by atoms with van der Waals surface area (Å²) in [7, 11) is 0. The number of hydrogen-bond donors (Lipinski definition) is 2. The minimum absolute atomic E-state index is 0.416. The summed E-state index contributed by atoms with van der Waals surface area (Å²) >= 11 is 0. The fourth-order valence-electron chi connectivity index (χ4n) is 2.46. The number of aromatic nitrogens is 1. The van der Waals surface area contributed by atoms with Crippen LogP contribution in [0.4, 0.5) is 5.69 Å². The third-order valence-electron chi connectivity index (χ3n) is 3.54. The van der Waals surface area contributed by atoms with Crippen molar-refractivity contribution in [1.29, 1.82) is 0 Å². The van der Waals surface area contributed by atoms with Gasteiger partial charge in [0, 0.05) is 18.0 Å². The zero-order valence-corrected chi connectivity index (χ0v) is 11.9. The Balaban J connectivity index is 1.88. The average Bonchev–Trinajstić information content (AvgIpc) is 2.55. The molecule has 0 aliphatic heterocycles. The number of benzene rings is 2. The molecule has 2 N–H and O–H groups in total. The number of carboxylic acid groups (broad SMARTS) is 1. The van der Waals surface area contributed by atoms with Crippen LogP contribution in [0.25, 0.3) is 10.9 Å². The molecule has 0 fully saturated rings. The Labute approximate surface area is 128 Å². The number of para-hydroxylation sites is 1. The van der Waals surface area contributed by atoms with E-state index in [0.717, 1.165) is 22.2 Å². The summed E-state index contributed by atoms with van der Waals surface area (Å²) < 4.78 is 0. The molecule has 3 aromatic rings. The first-order valence-electron chi connectivity index (χ1n) is 7.11. The van der Waals surface area contributed by atoms with Gasteiger partial charge in [-0.15, -0.1) is 0 Å². The van der Waals surface area contributed by atoms with Crippen LogP contribution in [0.2, 0.25) is 0 Å². The minimum atomic E-state index is -0.878. The predicted molar refractivity (Wildman–Crippen MR) is 86.9 cm³/mol. The van der Waals surface area contributed by atoms with Crippen LogP contribution in [0, 0.1) is 0 Å². The van der Waals surface area contributed by atoms with Gasteiger partial charge in [-0.25, -0.2) is 4.79 Å². The summed E-state index contributed by atoms with van der Waals surface area (Å²) in [6.45, 7) is 0. The molecule has 110 valence electrons. The maximum Gasteiger partial charge on any atom is 0.326 e. The minimum Gasteiger partial charge on any atom is -0.480 e. The Kier molecular flexibility index (Phi) is 4.01. The Morgan fingerprint density at radius 3 is 2.59 bits per heavy atom. The highest BCUT2D eigenvalue weighted by molar-refractivity contribution is 5.92. The zero-order valence-electron chi connectivity index (χ0n) is 11.9. The van der Waals surface area contributed by atoms with Crippen molar-refractivity contribution in [3.63, 3.8) is 0 Å². The van der Waals surface area contributed by atoms with Crippen molar-refractivity contribution in [2.75, 3.05) is 5.32 Å². The number of pyridine rings is 1. The molecular formula is C18H16N2O2. The number of nitrogens with zero attached hydrogens (tertiary/aromatic N) is 1. The molecule has 1 heterocycles. The highest BCUT2D eigenvalue weighted by Gasteiger charge is 2.18. The van der Waals surface area contributed by atoms with Crippen LogP contribution in [0.3, 0.4) is 0 Å². The molecule has 1 aromatic heterocycles. The number of nitrogens with one attached hydrogen (secondary N) is 1. The van der Waals surface area contributed by atoms with Crippen LogP contribution in [-0.2, 0) is 11.2 Å². The van der Waals surface area contributed by atoms with Gasteiger partial charge in [-0.1, -0.05) is 48.5 Å². The topological polar surface area (TPSA) is 62.2 Å². The van der Waals surface area contributed by atoms with E-state index < -0.39 is 12.0 Å². The van der Waals surface area contributed by atoms with Crippen molar-refractivity contribution in [1.82, 2.24) is 4.98 Å². The monoisotopic (exact) mass is 292 g/mol. The summed E-state index contributed by atoms with van der Waals surface area (Å²) in [4.78, 5) is 15.9. The van der Waals surface area contributed by atoms with Gasteiger partial charge < -0.3 is 10.4 Å². The maximum absolute atomic E-state index is 11.6. The van der Waals surface area contributed by atoms with Gasteiger partial charge in [-0.05, 0) is 17.7 Å². The number of fused-ring (bicyclic) bond motifs is 1. The van der Waals surface area contributed by atoms with Crippen LogP contribution in [0.1, 0.15) is 5.56 Å². The summed E-state index contributed by atoms with van der Waals surface area (Å²) in [6.07, 6.45) is 2.12. The van der Waals surface area contributed by atoms with E-state index >= 15 is 0 Å². The molecule has 0 radical (unpaired) electrons. The third-order valence-corrected chi connectivity index (χ3v) is 3.54. The van der Waals surface area contributed by atoms with Crippen LogP contribution >= 0.6 is 0 Å². The van der Waals surface area contributed by atoms with Crippen LogP contribution in [0.15, 0.2) is 66.9 Å². The van der Waals surface area contributed by atoms with Gasteiger partial charge >= 0.3 is 5.97 Å². The molecule has 3 rings (SSSR count). The Morgan fingerprint density at radius 2 is 1.82 bits per heavy atom. The van der Waals surface area contributed by atoms with Gasteiger partial charge in [0.25, 0.3) is 0 Å². The van der Waals surface area contributed by atoms with Gasteiger partial charge in [0.15, 0.2) is 0 Å². The molecule has 2 aromatic carbocycles. The molecule has 0 spiro atoms. The van der Waals surface area contributed by atoms with Crippen molar-refractivity contribution < 1.29 is 9.90 Å². The first-order chi connectivity index (χ1) is 10.7. The number of anilines is 1. The van der Waals surface area contributed by atoms with E-state index in [9.17, 15) is 9.90 Å². The van der Waals surface area contributed by atoms with E-state index in [1.165, 1.54) is 0 Å².